The average molecular weight is 777 g/mol. The Morgan fingerprint density at radius 1 is 0.279 bits per heavy atom. The molecule has 284 valence electrons. The molecule has 3 heteroatoms. The predicted molar refractivity (Wildman–Crippen MR) is 254 cm³/mol. The molecule has 12 aromatic rings. The van der Waals surface area contributed by atoms with Crippen LogP contribution in [0.5, 0.6) is 0 Å². The third kappa shape index (κ3) is 6.06. The van der Waals surface area contributed by atoms with Crippen molar-refractivity contribution in [3.05, 3.63) is 218 Å². The lowest BCUT2D eigenvalue weighted by molar-refractivity contribution is 0.669. The highest BCUT2D eigenvalue weighted by Crippen LogP contribution is 2.42. The number of hydrogen-bond acceptors (Lipinski definition) is 3. The van der Waals surface area contributed by atoms with Crippen LogP contribution in [0, 0.1) is 0 Å². The predicted octanol–water partition coefficient (Wildman–Crippen LogP) is 15.8. The molecular formula is C58H36N2O. The van der Waals surface area contributed by atoms with Crippen LogP contribution in [0.4, 0.5) is 0 Å². The van der Waals surface area contributed by atoms with Gasteiger partial charge in [0, 0.05) is 27.5 Å². The van der Waals surface area contributed by atoms with Gasteiger partial charge in [-0.2, -0.15) is 0 Å². The maximum absolute atomic E-state index is 6.32. The molecule has 0 saturated heterocycles. The summed E-state index contributed by atoms with van der Waals surface area (Å²) in [6.45, 7) is 0. The highest BCUT2D eigenvalue weighted by atomic mass is 16.3. The molecule has 61 heavy (non-hydrogen) atoms. The third-order valence-electron chi connectivity index (χ3n) is 12.1. The summed E-state index contributed by atoms with van der Waals surface area (Å²) in [5.41, 5.74) is 13.3. The average Bonchev–Trinajstić information content (AvgIpc) is 3.71. The zero-order valence-electron chi connectivity index (χ0n) is 33.1. The molecule has 0 bridgehead atoms. The summed E-state index contributed by atoms with van der Waals surface area (Å²) >= 11 is 0. The molecule has 0 aliphatic carbocycles. The number of hydrogen-bond donors (Lipinski definition) is 0. The van der Waals surface area contributed by atoms with Crippen LogP contribution in [-0.2, 0) is 0 Å². The van der Waals surface area contributed by atoms with Gasteiger partial charge in [0.15, 0.2) is 5.82 Å². The van der Waals surface area contributed by atoms with Crippen LogP contribution in [0.3, 0.4) is 0 Å². The number of fused-ring (bicyclic) bond motifs is 7. The van der Waals surface area contributed by atoms with Crippen molar-refractivity contribution in [3.63, 3.8) is 0 Å². The summed E-state index contributed by atoms with van der Waals surface area (Å²) in [5, 5.41) is 9.75. The largest absolute Gasteiger partial charge is 0.456 e. The number of furan rings is 1. The smallest absolute Gasteiger partial charge is 0.160 e. The van der Waals surface area contributed by atoms with Crippen molar-refractivity contribution < 1.29 is 4.42 Å². The molecule has 0 amide bonds. The maximum atomic E-state index is 6.32. The van der Waals surface area contributed by atoms with E-state index in [4.69, 9.17) is 14.4 Å². The van der Waals surface area contributed by atoms with Gasteiger partial charge in [-0.1, -0.05) is 176 Å². The fourth-order valence-electron chi connectivity index (χ4n) is 9.14. The van der Waals surface area contributed by atoms with Crippen LogP contribution in [-0.4, -0.2) is 9.97 Å². The van der Waals surface area contributed by atoms with E-state index in [1.54, 1.807) is 0 Å². The molecule has 0 N–H and O–H groups in total. The zero-order chi connectivity index (χ0) is 40.3. The maximum Gasteiger partial charge on any atom is 0.160 e. The van der Waals surface area contributed by atoms with Gasteiger partial charge >= 0.3 is 0 Å². The van der Waals surface area contributed by atoms with Crippen LogP contribution in [0.2, 0.25) is 0 Å². The minimum absolute atomic E-state index is 0.679. The first-order valence-corrected chi connectivity index (χ1v) is 20.7. The minimum atomic E-state index is 0.679. The van der Waals surface area contributed by atoms with Gasteiger partial charge in [-0.25, -0.2) is 9.97 Å². The molecule has 10 aromatic carbocycles. The monoisotopic (exact) mass is 776 g/mol. The van der Waals surface area contributed by atoms with Gasteiger partial charge in [-0.3, -0.25) is 0 Å². The summed E-state index contributed by atoms with van der Waals surface area (Å²) in [6, 6.07) is 77.6. The number of aromatic nitrogens is 2. The fraction of sp³-hybridized carbons (Fsp3) is 0. The lowest BCUT2D eigenvalue weighted by Crippen LogP contribution is -1.97. The first-order valence-electron chi connectivity index (χ1n) is 20.7. The molecular weight excluding hydrogens is 741 g/mol. The zero-order valence-corrected chi connectivity index (χ0v) is 33.1. The number of rotatable bonds is 6. The Kier molecular flexibility index (Phi) is 8.17. The van der Waals surface area contributed by atoms with Crippen LogP contribution in [0.15, 0.2) is 223 Å². The third-order valence-corrected chi connectivity index (χ3v) is 12.1. The standard InChI is InChI=1S/C58H36N2O/c1-2-15-38(16-3-1)58-59-53(36-54(60-58)48-25-9-8-23-46(48)42-29-30-50-49-26-10-11-27-55(49)61-56(50)35-42)43-20-12-18-39(32-43)40-19-13-21-44(33-40)57-47-24-7-5-17-41(47)34-52-45-22-6-4-14-37(45)28-31-51(52)57/h1-36H. The van der Waals surface area contributed by atoms with E-state index in [1.807, 2.05) is 30.3 Å². The number of benzene rings is 10. The van der Waals surface area contributed by atoms with E-state index in [2.05, 4.69) is 188 Å². The van der Waals surface area contributed by atoms with Crippen molar-refractivity contribution >= 4 is 54.3 Å². The van der Waals surface area contributed by atoms with Crippen molar-refractivity contribution in [2.24, 2.45) is 0 Å². The highest BCUT2D eigenvalue weighted by Gasteiger charge is 2.17. The first-order chi connectivity index (χ1) is 30.2. The van der Waals surface area contributed by atoms with E-state index in [-0.39, 0.29) is 0 Å². The van der Waals surface area contributed by atoms with Gasteiger partial charge < -0.3 is 4.42 Å². The molecule has 3 nitrogen and oxygen atoms in total. The van der Waals surface area contributed by atoms with E-state index >= 15 is 0 Å². The Bertz CT molecular complexity index is 3660. The van der Waals surface area contributed by atoms with Gasteiger partial charge in [0.05, 0.1) is 11.4 Å². The van der Waals surface area contributed by atoms with Crippen LogP contribution < -0.4 is 0 Å². The summed E-state index contributed by atoms with van der Waals surface area (Å²) in [4.78, 5) is 10.5. The second-order valence-corrected chi connectivity index (χ2v) is 15.7. The molecule has 0 aliphatic heterocycles. The quantitative estimate of drug-likeness (QED) is 0.125. The van der Waals surface area contributed by atoms with Crippen LogP contribution in [0.25, 0.3) is 122 Å². The SMILES string of the molecule is c1ccc(-c2nc(-c3cccc(-c4cccc(-c5c6ccccc6cc6c5ccc5ccccc56)c4)c3)cc(-c3ccccc3-c3ccc4c(c3)oc3ccccc34)n2)cc1. The molecule has 0 fully saturated rings. The molecule has 0 unspecified atom stereocenters. The minimum Gasteiger partial charge on any atom is -0.456 e. The second kappa shape index (κ2) is 14.3. The Balaban J connectivity index is 0.987. The fourth-order valence-corrected chi connectivity index (χ4v) is 9.14. The summed E-state index contributed by atoms with van der Waals surface area (Å²) in [7, 11) is 0. The van der Waals surface area contributed by atoms with Gasteiger partial charge in [-0.15, -0.1) is 0 Å². The summed E-state index contributed by atoms with van der Waals surface area (Å²) in [6.07, 6.45) is 0. The van der Waals surface area contributed by atoms with Crippen LogP contribution >= 0.6 is 0 Å². The normalized spacial score (nSPS) is 11.6. The van der Waals surface area contributed by atoms with Gasteiger partial charge in [0.2, 0.25) is 0 Å². The Morgan fingerprint density at radius 3 is 1.74 bits per heavy atom. The van der Waals surface area contributed by atoms with Crippen LogP contribution in [0.1, 0.15) is 0 Å². The van der Waals surface area contributed by atoms with Crippen molar-refractivity contribution in [1.29, 1.82) is 0 Å². The van der Waals surface area contributed by atoms with E-state index in [0.717, 1.165) is 72.3 Å². The Morgan fingerprint density at radius 2 is 0.885 bits per heavy atom. The van der Waals surface area contributed by atoms with Gasteiger partial charge in [0.1, 0.15) is 11.2 Å². The molecule has 12 rings (SSSR count). The highest BCUT2D eigenvalue weighted by molar-refractivity contribution is 6.20. The number of para-hydroxylation sites is 1. The Hall–Kier alpha value is -8.14. The topological polar surface area (TPSA) is 38.9 Å². The summed E-state index contributed by atoms with van der Waals surface area (Å²) in [5.74, 6) is 0.679. The van der Waals surface area contributed by atoms with Crippen molar-refractivity contribution in [2.45, 2.75) is 0 Å². The van der Waals surface area contributed by atoms with E-state index in [1.165, 1.54) is 43.4 Å². The molecule has 0 spiro atoms. The van der Waals surface area contributed by atoms with E-state index < -0.39 is 0 Å². The second-order valence-electron chi connectivity index (χ2n) is 15.7. The van der Waals surface area contributed by atoms with Gasteiger partial charge in [-0.05, 0) is 108 Å². The van der Waals surface area contributed by atoms with E-state index in [9.17, 15) is 0 Å². The van der Waals surface area contributed by atoms with Gasteiger partial charge in [0.25, 0.3) is 0 Å². The molecule has 0 aliphatic rings. The molecule has 2 heterocycles. The lowest BCUT2D eigenvalue weighted by Gasteiger charge is -2.15. The molecule has 0 radical (unpaired) electrons. The lowest BCUT2D eigenvalue weighted by atomic mass is 9.88. The van der Waals surface area contributed by atoms with E-state index in [0.29, 0.717) is 5.82 Å². The Labute approximate surface area is 352 Å². The molecule has 2 aromatic heterocycles. The number of nitrogens with zero attached hydrogens (tertiary/aromatic N) is 2. The first kappa shape index (κ1) is 34.9. The van der Waals surface area contributed by atoms with Crippen molar-refractivity contribution in [3.8, 4) is 67.3 Å². The van der Waals surface area contributed by atoms with Crippen molar-refractivity contribution in [1.82, 2.24) is 9.97 Å². The summed E-state index contributed by atoms with van der Waals surface area (Å²) < 4.78 is 6.32. The molecule has 0 saturated carbocycles. The molecule has 0 atom stereocenters. The van der Waals surface area contributed by atoms with Crippen molar-refractivity contribution in [2.75, 3.05) is 0 Å².